The van der Waals surface area contributed by atoms with E-state index in [1.54, 1.807) is 13.1 Å². The molecule has 1 aromatic carbocycles. The zero-order valence-electron chi connectivity index (χ0n) is 12.5. The maximum atomic E-state index is 11.0. The summed E-state index contributed by atoms with van der Waals surface area (Å²) in [7, 11) is 1.76. The molecule has 0 bridgehead atoms. The highest BCUT2D eigenvalue weighted by molar-refractivity contribution is 5.88. The van der Waals surface area contributed by atoms with Crippen molar-refractivity contribution >= 4 is 17.6 Å². The van der Waals surface area contributed by atoms with Crippen LogP contribution in [0.1, 0.15) is 19.8 Å². The first-order valence-electron chi connectivity index (χ1n) is 7.15. The highest BCUT2D eigenvalue weighted by Gasteiger charge is 2.21. The van der Waals surface area contributed by atoms with E-state index >= 15 is 0 Å². The van der Waals surface area contributed by atoms with Crippen molar-refractivity contribution in [2.24, 2.45) is 4.99 Å². The summed E-state index contributed by atoms with van der Waals surface area (Å²) < 4.78 is 5.65. The van der Waals surface area contributed by atoms with Crippen LogP contribution >= 0.6 is 0 Å². The summed E-state index contributed by atoms with van der Waals surface area (Å²) in [6.45, 7) is 2.67. The lowest BCUT2D eigenvalue weighted by molar-refractivity contribution is -0.114. The molecule has 0 atom stereocenters. The molecule has 6 heteroatoms. The molecule has 1 aliphatic carbocycles. The maximum absolute atomic E-state index is 11.0. The van der Waals surface area contributed by atoms with Gasteiger partial charge in [-0.05, 0) is 25.0 Å². The molecule has 1 amide bonds. The van der Waals surface area contributed by atoms with Gasteiger partial charge < -0.3 is 20.7 Å². The van der Waals surface area contributed by atoms with Crippen molar-refractivity contribution in [3.05, 3.63) is 24.3 Å². The van der Waals surface area contributed by atoms with Crippen molar-refractivity contribution in [2.75, 3.05) is 25.5 Å². The molecular formula is C15H22N4O2. The Morgan fingerprint density at radius 3 is 2.90 bits per heavy atom. The topological polar surface area (TPSA) is 74.8 Å². The van der Waals surface area contributed by atoms with E-state index in [9.17, 15) is 4.79 Å². The molecule has 21 heavy (non-hydrogen) atoms. The first-order chi connectivity index (χ1) is 10.2. The lowest BCUT2D eigenvalue weighted by atomic mass is 10.3. The first kappa shape index (κ1) is 15.2. The minimum atomic E-state index is -0.0937. The number of guanidine groups is 1. The molecule has 1 aliphatic rings. The van der Waals surface area contributed by atoms with Crippen LogP contribution in [0.5, 0.6) is 5.75 Å². The molecule has 114 valence electrons. The molecule has 1 aromatic rings. The predicted molar refractivity (Wildman–Crippen MR) is 83.8 cm³/mol. The summed E-state index contributed by atoms with van der Waals surface area (Å²) in [5.74, 6) is 1.45. The van der Waals surface area contributed by atoms with Crippen LogP contribution in [0.15, 0.2) is 29.3 Å². The molecule has 0 unspecified atom stereocenters. The number of carbonyl (C=O) groups is 1. The number of hydrogen-bond donors (Lipinski definition) is 3. The van der Waals surface area contributed by atoms with Crippen molar-refractivity contribution in [1.82, 2.24) is 10.6 Å². The van der Waals surface area contributed by atoms with Crippen molar-refractivity contribution < 1.29 is 9.53 Å². The lowest BCUT2D eigenvalue weighted by Crippen LogP contribution is -2.40. The van der Waals surface area contributed by atoms with E-state index in [1.165, 1.54) is 19.8 Å². The Hall–Kier alpha value is -2.24. The maximum Gasteiger partial charge on any atom is 0.221 e. The zero-order valence-corrected chi connectivity index (χ0v) is 12.5. The average molecular weight is 290 g/mol. The summed E-state index contributed by atoms with van der Waals surface area (Å²) >= 11 is 0. The smallest absolute Gasteiger partial charge is 0.221 e. The number of benzene rings is 1. The van der Waals surface area contributed by atoms with Crippen LogP contribution in [0, 0.1) is 0 Å². The van der Waals surface area contributed by atoms with Crippen molar-refractivity contribution in [2.45, 2.75) is 25.8 Å². The monoisotopic (exact) mass is 290 g/mol. The third-order valence-corrected chi connectivity index (χ3v) is 2.96. The second-order valence-electron chi connectivity index (χ2n) is 4.98. The van der Waals surface area contributed by atoms with Crippen LogP contribution in [-0.2, 0) is 4.79 Å². The van der Waals surface area contributed by atoms with E-state index in [1.807, 2.05) is 18.2 Å². The Bertz CT molecular complexity index is 512. The summed E-state index contributed by atoms with van der Waals surface area (Å²) in [6, 6.07) is 7.92. The minimum absolute atomic E-state index is 0.0937. The largest absolute Gasteiger partial charge is 0.492 e. The molecule has 0 aromatic heterocycles. The molecule has 1 fully saturated rings. The van der Waals surface area contributed by atoms with Gasteiger partial charge in [0, 0.05) is 31.8 Å². The van der Waals surface area contributed by atoms with Gasteiger partial charge in [0.25, 0.3) is 0 Å². The third-order valence-electron chi connectivity index (χ3n) is 2.96. The predicted octanol–water partition coefficient (Wildman–Crippen LogP) is 1.35. The second-order valence-corrected chi connectivity index (χ2v) is 4.98. The molecule has 0 radical (unpaired) electrons. The lowest BCUT2D eigenvalue weighted by Gasteiger charge is -2.12. The number of ether oxygens (including phenoxy) is 1. The first-order valence-corrected chi connectivity index (χ1v) is 7.15. The SMILES string of the molecule is CN=C(NCCOc1cccc(NC(C)=O)c1)NC1CC1. The summed E-state index contributed by atoms with van der Waals surface area (Å²) in [6.07, 6.45) is 2.43. The van der Waals surface area contributed by atoms with Gasteiger partial charge >= 0.3 is 0 Å². The van der Waals surface area contributed by atoms with Crippen LogP contribution in [0.3, 0.4) is 0 Å². The zero-order chi connectivity index (χ0) is 15.1. The molecule has 1 saturated carbocycles. The number of hydrogen-bond acceptors (Lipinski definition) is 3. The van der Waals surface area contributed by atoms with Gasteiger partial charge in [-0.1, -0.05) is 6.07 Å². The van der Waals surface area contributed by atoms with Gasteiger partial charge in [0.05, 0.1) is 6.54 Å². The summed E-state index contributed by atoms with van der Waals surface area (Å²) in [4.78, 5) is 15.2. The number of amides is 1. The van der Waals surface area contributed by atoms with Gasteiger partial charge in [0.15, 0.2) is 5.96 Å². The van der Waals surface area contributed by atoms with E-state index in [4.69, 9.17) is 4.74 Å². The summed E-state index contributed by atoms with van der Waals surface area (Å²) in [5, 5.41) is 9.24. The van der Waals surface area contributed by atoms with Crippen LogP contribution in [0.4, 0.5) is 5.69 Å². The molecule has 0 spiro atoms. The van der Waals surface area contributed by atoms with E-state index in [-0.39, 0.29) is 5.91 Å². The molecule has 0 heterocycles. The number of rotatable bonds is 6. The molecule has 2 rings (SSSR count). The molecular weight excluding hydrogens is 268 g/mol. The molecule has 0 aliphatic heterocycles. The number of nitrogens with one attached hydrogen (secondary N) is 3. The van der Waals surface area contributed by atoms with Gasteiger partial charge in [-0.2, -0.15) is 0 Å². The number of aliphatic imine (C=N–C) groups is 1. The van der Waals surface area contributed by atoms with Gasteiger partial charge in [-0.3, -0.25) is 9.79 Å². The molecule has 3 N–H and O–H groups in total. The Morgan fingerprint density at radius 1 is 1.43 bits per heavy atom. The number of nitrogens with zero attached hydrogens (tertiary/aromatic N) is 1. The van der Waals surface area contributed by atoms with Crippen molar-refractivity contribution in [3.8, 4) is 5.75 Å². The standard InChI is InChI=1S/C15H22N4O2/c1-11(20)18-13-4-3-5-14(10-13)21-9-8-17-15(16-2)19-12-6-7-12/h3-5,10,12H,6-9H2,1-2H3,(H,18,20)(H2,16,17,19). The van der Waals surface area contributed by atoms with Gasteiger partial charge in [-0.25, -0.2) is 0 Å². The number of anilines is 1. The second kappa shape index (κ2) is 7.52. The highest BCUT2D eigenvalue weighted by atomic mass is 16.5. The van der Waals surface area contributed by atoms with E-state index < -0.39 is 0 Å². The Labute approximate surface area is 125 Å². The Balaban J connectivity index is 1.71. The molecule has 0 saturated heterocycles. The Morgan fingerprint density at radius 2 is 2.24 bits per heavy atom. The van der Waals surface area contributed by atoms with E-state index in [2.05, 4.69) is 20.9 Å². The molecule has 6 nitrogen and oxygen atoms in total. The average Bonchev–Trinajstić information content (AvgIpc) is 3.26. The highest BCUT2D eigenvalue weighted by Crippen LogP contribution is 2.18. The fourth-order valence-corrected chi connectivity index (χ4v) is 1.82. The summed E-state index contributed by atoms with van der Waals surface area (Å²) in [5.41, 5.74) is 0.735. The van der Waals surface area contributed by atoms with Crippen molar-refractivity contribution in [3.63, 3.8) is 0 Å². The van der Waals surface area contributed by atoms with Gasteiger partial charge in [-0.15, -0.1) is 0 Å². The number of carbonyl (C=O) groups excluding carboxylic acids is 1. The quantitative estimate of drug-likeness (QED) is 0.420. The minimum Gasteiger partial charge on any atom is -0.492 e. The fraction of sp³-hybridized carbons (Fsp3) is 0.467. The van der Waals surface area contributed by atoms with Gasteiger partial charge in [0.2, 0.25) is 5.91 Å². The van der Waals surface area contributed by atoms with Gasteiger partial charge in [0.1, 0.15) is 12.4 Å². The normalized spacial score (nSPS) is 14.5. The van der Waals surface area contributed by atoms with Crippen LogP contribution < -0.4 is 20.7 Å². The fourth-order valence-electron chi connectivity index (χ4n) is 1.82. The van der Waals surface area contributed by atoms with Crippen LogP contribution in [0.2, 0.25) is 0 Å². The van der Waals surface area contributed by atoms with Crippen LogP contribution in [-0.4, -0.2) is 38.1 Å². The van der Waals surface area contributed by atoms with Crippen molar-refractivity contribution in [1.29, 1.82) is 0 Å². The van der Waals surface area contributed by atoms with E-state index in [0.717, 1.165) is 17.4 Å². The third kappa shape index (κ3) is 5.72. The van der Waals surface area contributed by atoms with E-state index in [0.29, 0.717) is 19.2 Å². The van der Waals surface area contributed by atoms with Crippen LogP contribution in [0.25, 0.3) is 0 Å². The Kier molecular flexibility index (Phi) is 5.43.